The normalized spacial score (nSPS) is 18.5. The summed E-state index contributed by atoms with van der Waals surface area (Å²) in [6.07, 6.45) is 5.22. The Labute approximate surface area is 176 Å². The predicted molar refractivity (Wildman–Crippen MR) is 115 cm³/mol. The van der Waals surface area contributed by atoms with Crippen molar-refractivity contribution in [2.24, 2.45) is 12.0 Å². The van der Waals surface area contributed by atoms with Crippen molar-refractivity contribution in [2.75, 3.05) is 26.4 Å². The third kappa shape index (κ3) is 4.48. The van der Waals surface area contributed by atoms with Gasteiger partial charge in [0.2, 0.25) is 6.79 Å². The Hall–Kier alpha value is -1.97. The molecule has 1 unspecified atom stereocenters. The number of nitrogens with zero attached hydrogens (tertiary/aromatic N) is 4. The summed E-state index contributed by atoms with van der Waals surface area (Å²) in [5.74, 6) is 3.10. The number of aliphatic imine (C=N–C) groups is 1. The maximum Gasteiger partial charge on any atom is 0.231 e. The lowest BCUT2D eigenvalue weighted by Gasteiger charge is -2.21. The van der Waals surface area contributed by atoms with Gasteiger partial charge in [0.1, 0.15) is 0 Å². The van der Waals surface area contributed by atoms with Crippen LogP contribution in [0, 0.1) is 0 Å². The van der Waals surface area contributed by atoms with Gasteiger partial charge >= 0.3 is 0 Å². The van der Waals surface area contributed by atoms with Crippen molar-refractivity contribution in [3.63, 3.8) is 0 Å². The standard InChI is InChI=1S/C19H25N5O2.HI/c1-3-20-19(21-9-14-4-5-17-18(8-14)26-13-25-17)24-7-6-15(12-24)16-10-22-23(2)11-16;/h4-5,8,10-11,15H,3,6-7,9,12-13H2,1-2H3,(H,20,21);1H. The Kier molecular flexibility index (Phi) is 6.46. The molecule has 0 amide bonds. The van der Waals surface area contributed by atoms with Crippen molar-refractivity contribution < 1.29 is 9.47 Å². The number of halogens is 1. The highest BCUT2D eigenvalue weighted by Gasteiger charge is 2.26. The molecule has 146 valence electrons. The van der Waals surface area contributed by atoms with Crippen LogP contribution in [0.15, 0.2) is 35.6 Å². The summed E-state index contributed by atoms with van der Waals surface area (Å²) in [7, 11) is 1.97. The summed E-state index contributed by atoms with van der Waals surface area (Å²) >= 11 is 0. The van der Waals surface area contributed by atoms with Crippen molar-refractivity contribution in [2.45, 2.75) is 25.8 Å². The lowest BCUT2D eigenvalue weighted by molar-refractivity contribution is 0.174. The molecule has 2 aliphatic heterocycles. The van der Waals surface area contributed by atoms with Crippen LogP contribution in [0.2, 0.25) is 0 Å². The van der Waals surface area contributed by atoms with Crippen LogP contribution in [0.1, 0.15) is 30.4 Å². The van der Waals surface area contributed by atoms with Crippen molar-refractivity contribution in [3.8, 4) is 11.5 Å². The third-order valence-corrected chi connectivity index (χ3v) is 4.87. The lowest BCUT2D eigenvalue weighted by Crippen LogP contribution is -2.40. The van der Waals surface area contributed by atoms with Crippen LogP contribution in [0.5, 0.6) is 11.5 Å². The molecule has 27 heavy (non-hydrogen) atoms. The zero-order valence-corrected chi connectivity index (χ0v) is 18.1. The number of hydrogen-bond donors (Lipinski definition) is 1. The molecule has 0 aliphatic carbocycles. The van der Waals surface area contributed by atoms with Crippen molar-refractivity contribution in [1.82, 2.24) is 20.0 Å². The minimum atomic E-state index is 0. The van der Waals surface area contributed by atoms with Gasteiger partial charge in [0, 0.05) is 38.8 Å². The van der Waals surface area contributed by atoms with Crippen LogP contribution in [-0.2, 0) is 13.6 Å². The highest BCUT2D eigenvalue weighted by molar-refractivity contribution is 14.0. The average Bonchev–Trinajstić information content (AvgIpc) is 3.38. The molecule has 1 aromatic heterocycles. The van der Waals surface area contributed by atoms with Gasteiger partial charge in [-0.1, -0.05) is 6.07 Å². The Morgan fingerprint density at radius 3 is 2.96 bits per heavy atom. The number of ether oxygens (including phenoxy) is 2. The molecule has 1 fully saturated rings. The first-order chi connectivity index (χ1) is 12.7. The summed E-state index contributed by atoms with van der Waals surface area (Å²) in [4.78, 5) is 7.18. The minimum Gasteiger partial charge on any atom is -0.454 e. The Balaban J connectivity index is 0.00000210. The molecule has 7 nitrogen and oxygen atoms in total. The molecule has 4 rings (SSSR count). The quantitative estimate of drug-likeness (QED) is 0.412. The zero-order chi connectivity index (χ0) is 17.9. The van der Waals surface area contributed by atoms with Gasteiger partial charge in [0.15, 0.2) is 17.5 Å². The van der Waals surface area contributed by atoms with E-state index in [1.807, 2.05) is 36.1 Å². The van der Waals surface area contributed by atoms with Gasteiger partial charge in [0.05, 0.1) is 12.7 Å². The van der Waals surface area contributed by atoms with E-state index in [0.29, 0.717) is 19.3 Å². The van der Waals surface area contributed by atoms with Crippen LogP contribution in [0.4, 0.5) is 0 Å². The molecular weight excluding hydrogens is 457 g/mol. The smallest absolute Gasteiger partial charge is 0.231 e. The molecule has 0 spiro atoms. The molecule has 0 saturated carbocycles. The predicted octanol–water partition coefficient (Wildman–Crippen LogP) is 2.72. The molecule has 0 bridgehead atoms. The Morgan fingerprint density at radius 1 is 1.33 bits per heavy atom. The highest BCUT2D eigenvalue weighted by atomic mass is 127. The van der Waals surface area contributed by atoms with Crippen LogP contribution in [-0.4, -0.2) is 47.1 Å². The van der Waals surface area contributed by atoms with E-state index in [0.717, 1.165) is 49.1 Å². The Bertz CT molecular complexity index is 807. The molecule has 2 aromatic rings. The first-order valence-electron chi connectivity index (χ1n) is 9.13. The second-order valence-electron chi connectivity index (χ2n) is 6.74. The molecule has 3 heterocycles. The number of nitrogens with one attached hydrogen (secondary N) is 1. The number of hydrogen-bond acceptors (Lipinski definition) is 4. The third-order valence-electron chi connectivity index (χ3n) is 4.87. The van der Waals surface area contributed by atoms with Gasteiger partial charge < -0.3 is 19.7 Å². The van der Waals surface area contributed by atoms with Gasteiger partial charge in [-0.2, -0.15) is 5.10 Å². The molecule has 0 radical (unpaired) electrons. The molecule has 1 N–H and O–H groups in total. The molecule has 1 aromatic carbocycles. The van der Waals surface area contributed by atoms with E-state index in [4.69, 9.17) is 14.5 Å². The van der Waals surface area contributed by atoms with E-state index in [-0.39, 0.29) is 24.0 Å². The fraction of sp³-hybridized carbons (Fsp3) is 0.474. The monoisotopic (exact) mass is 483 g/mol. The number of aryl methyl sites for hydroxylation is 1. The minimum absolute atomic E-state index is 0. The fourth-order valence-electron chi connectivity index (χ4n) is 3.51. The summed E-state index contributed by atoms with van der Waals surface area (Å²) in [6.45, 7) is 5.85. The Morgan fingerprint density at radius 2 is 2.19 bits per heavy atom. The maximum atomic E-state index is 5.45. The van der Waals surface area contributed by atoms with Crippen molar-refractivity contribution in [3.05, 3.63) is 41.7 Å². The first kappa shape index (κ1) is 19.8. The summed E-state index contributed by atoms with van der Waals surface area (Å²) in [5, 5.41) is 7.73. The molecule has 8 heteroatoms. The van der Waals surface area contributed by atoms with Crippen LogP contribution in [0.25, 0.3) is 0 Å². The van der Waals surface area contributed by atoms with Crippen LogP contribution >= 0.6 is 24.0 Å². The van der Waals surface area contributed by atoms with Crippen molar-refractivity contribution in [1.29, 1.82) is 0 Å². The van der Waals surface area contributed by atoms with Crippen LogP contribution in [0.3, 0.4) is 0 Å². The highest BCUT2D eigenvalue weighted by Crippen LogP contribution is 2.32. The van der Waals surface area contributed by atoms with E-state index < -0.39 is 0 Å². The largest absolute Gasteiger partial charge is 0.454 e. The van der Waals surface area contributed by atoms with Gasteiger partial charge in [-0.3, -0.25) is 4.68 Å². The molecule has 1 atom stereocenters. The first-order valence-corrected chi connectivity index (χ1v) is 9.13. The lowest BCUT2D eigenvalue weighted by atomic mass is 10.0. The fourth-order valence-corrected chi connectivity index (χ4v) is 3.51. The SMILES string of the molecule is CCNC(=NCc1ccc2c(c1)OCO2)N1CCC(c2cnn(C)c2)C1.I. The van der Waals surface area contributed by atoms with Gasteiger partial charge in [0.25, 0.3) is 0 Å². The summed E-state index contributed by atoms with van der Waals surface area (Å²) < 4.78 is 12.7. The average molecular weight is 483 g/mol. The molecular formula is C19H26IN5O2. The number of likely N-dealkylation sites (tertiary alicyclic amines) is 1. The molecule has 1 saturated heterocycles. The van der Waals surface area contributed by atoms with Gasteiger partial charge in [-0.05, 0) is 36.6 Å². The number of aromatic nitrogens is 2. The summed E-state index contributed by atoms with van der Waals surface area (Å²) in [5.41, 5.74) is 2.43. The van der Waals surface area contributed by atoms with E-state index in [1.165, 1.54) is 5.56 Å². The topological polar surface area (TPSA) is 63.9 Å². The van der Waals surface area contributed by atoms with Gasteiger partial charge in [-0.15, -0.1) is 24.0 Å². The molecule has 2 aliphatic rings. The van der Waals surface area contributed by atoms with E-state index in [2.05, 4.69) is 28.4 Å². The van der Waals surface area contributed by atoms with E-state index >= 15 is 0 Å². The second kappa shape index (κ2) is 8.81. The van der Waals surface area contributed by atoms with E-state index in [1.54, 1.807) is 0 Å². The maximum absolute atomic E-state index is 5.45. The zero-order valence-electron chi connectivity index (χ0n) is 15.7. The number of benzene rings is 1. The number of rotatable bonds is 4. The van der Waals surface area contributed by atoms with Gasteiger partial charge in [-0.25, -0.2) is 4.99 Å². The van der Waals surface area contributed by atoms with Crippen molar-refractivity contribution >= 4 is 29.9 Å². The van der Waals surface area contributed by atoms with E-state index in [9.17, 15) is 0 Å². The second-order valence-corrected chi connectivity index (χ2v) is 6.74. The van der Waals surface area contributed by atoms with Crippen LogP contribution < -0.4 is 14.8 Å². The summed E-state index contributed by atoms with van der Waals surface area (Å²) in [6, 6.07) is 6.01. The number of fused-ring (bicyclic) bond motifs is 1. The number of guanidine groups is 1.